The van der Waals surface area contributed by atoms with Gasteiger partial charge in [0.05, 0.1) is 18.2 Å². The summed E-state index contributed by atoms with van der Waals surface area (Å²) in [7, 11) is 0. The van der Waals surface area contributed by atoms with E-state index >= 15 is 0 Å². The Balaban J connectivity index is 2.59. The number of hydrogen-bond acceptors (Lipinski definition) is 4. The number of carbonyl (C=O) groups excluding carboxylic acids is 1. The molecule has 1 atom stereocenters. The van der Waals surface area contributed by atoms with Crippen molar-refractivity contribution >= 4 is 17.3 Å². The van der Waals surface area contributed by atoms with Crippen LogP contribution in [0.3, 0.4) is 0 Å². The molecule has 0 bridgehead atoms. The van der Waals surface area contributed by atoms with E-state index in [1.54, 1.807) is 36.7 Å². The van der Waals surface area contributed by atoms with Gasteiger partial charge in [-0.05, 0) is 44.7 Å². The molecule has 0 aliphatic carbocycles. The van der Waals surface area contributed by atoms with E-state index in [0.29, 0.717) is 23.4 Å². The minimum atomic E-state index is -0.375. The van der Waals surface area contributed by atoms with Crippen molar-refractivity contribution in [3.05, 3.63) is 55.6 Å². The number of ether oxygens (including phenoxy) is 1. The highest BCUT2D eigenvalue weighted by atomic mass is 32.1. The van der Waals surface area contributed by atoms with E-state index in [0.717, 1.165) is 4.88 Å². The molecule has 0 spiro atoms. The second-order valence-corrected chi connectivity index (χ2v) is 5.89. The van der Waals surface area contributed by atoms with Crippen molar-refractivity contribution < 1.29 is 9.53 Å². The number of aromatic nitrogens is 1. The fourth-order valence-electron chi connectivity index (χ4n) is 2.55. The van der Waals surface area contributed by atoms with Crippen LogP contribution in [0.15, 0.2) is 28.4 Å². The highest BCUT2D eigenvalue weighted by Crippen LogP contribution is 2.24. The number of hydrogen-bond donors (Lipinski definition) is 0. The van der Waals surface area contributed by atoms with Gasteiger partial charge in [-0.2, -0.15) is 0 Å². The van der Waals surface area contributed by atoms with Crippen molar-refractivity contribution in [3.63, 3.8) is 0 Å². The highest BCUT2D eigenvalue weighted by Gasteiger charge is 2.21. The molecule has 4 nitrogen and oxygen atoms in total. The SMILES string of the molecule is CCOC(=O)c1c(C)cc(=O)n(C(C)c2cccs2)c1C. The third-order valence-corrected chi connectivity index (χ3v) is 4.56. The molecule has 112 valence electrons. The molecule has 0 saturated heterocycles. The Morgan fingerprint density at radius 1 is 1.43 bits per heavy atom. The Morgan fingerprint density at radius 2 is 2.14 bits per heavy atom. The number of thiophene rings is 1. The predicted octanol–water partition coefficient (Wildman–Crippen LogP) is 3.31. The first kappa shape index (κ1) is 15.5. The minimum Gasteiger partial charge on any atom is -0.462 e. The second-order valence-electron chi connectivity index (χ2n) is 4.91. The number of aryl methyl sites for hydroxylation is 1. The first-order chi connectivity index (χ1) is 9.97. The zero-order chi connectivity index (χ0) is 15.6. The van der Waals surface area contributed by atoms with Crippen LogP contribution in [0.4, 0.5) is 0 Å². The number of nitrogens with zero attached hydrogens (tertiary/aromatic N) is 1. The normalized spacial score (nSPS) is 12.2. The Hall–Kier alpha value is -1.88. The van der Waals surface area contributed by atoms with E-state index in [1.165, 1.54) is 6.07 Å². The van der Waals surface area contributed by atoms with Crippen molar-refractivity contribution in [1.82, 2.24) is 4.57 Å². The van der Waals surface area contributed by atoms with Crippen LogP contribution in [-0.2, 0) is 4.74 Å². The van der Waals surface area contributed by atoms with E-state index in [9.17, 15) is 9.59 Å². The summed E-state index contributed by atoms with van der Waals surface area (Å²) in [5, 5.41) is 1.98. The molecule has 0 saturated carbocycles. The first-order valence-corrected chi connectivity index (χ1v) is 7.78. The lowest BCUT2D eigenvalue weighted by Gasteiger charge is -2.20. The lowest BCUT2D eigenvalue weighted by molar-refractivity contribution is 0.0523. The van der Waals surface area contributed by atoms with E-state index < -0.39 is 0 Å². The van der Waals surface area contributed by atoms with Crippen molar-refractivity contribution in [3.8, 4) is 0 Å². The summed E-state index contributed by atoms with van der Waals surface area (Å²) < 4.78 is 6.76. The van der Waals surface area contributed by atoms with Gasteiger partial charge in [-0.25, -0.2) is 4.79 Å². The fourth-order valence-corrected chi connectivity index (χ4v) is 3.32. The summed E-state index contributed by atoms with van der Waals surface area (Å²) in [6, 6.07) is 5.34. The van der Waals surface area contributed by atoms with Crippen LogP contribution in [0.25, 0.3) is 0 Å². The summed E-state index contributed by atoms with van der Waals surface area (Å²) in [5.74, 6) is -0.375. The maximum absolute atomic E-state index is 12.3. The summed E-state index contributed by atoms with van der Waals surface area (Å²) in [5.41, 5.74) is 1.70. The molecular formula is C16H19NO3S. The van der Waals surface area contributed by atoms with Crippen molar-refractivity contribution in [2.24, 2.45) is 0 Å². The molecule has 0 fully saturated rings. The van der Waals surface area contributed by atoms with Gasteiger partial charge in [0.2, 0.25) is 0 Å². The molecule has 1 unspecified atom stereocenters. The predicted molar refractivity (Wildman–Crippen MR) is 84.3 cm³/mol. The minimum absolute atomic E-state index is 0.0982. The Kier molecular flexibility index (Phi) is 4.63. The number of rotatable bonds is 4. The maximum Gasteiger partial charge on any atom is 0.340 e. The molecule has 5 heteroatoms. The lowest BCUT2D eigenvalue weighted by Crippen LogP contribution is -2.28. The summed E-state index contributed by atoms with van der Waals surface area (Å²) in [6.07, 6.45) is 0. The van der Waals surface area contributed by atoms with Crippen molar-refractivity contribution in [2.75, 3.05) is 6.61 Å². The molecule has 2 aromatic heterocycles. The number of pyridine rings is 1. The average Bonchev–Trinajstić information content (AvgIpc) is 2.91. The second kappa shape index (κ2) is 6.26. The molecule has 0 amide bonds. The van der Waals surface area contributed by atoms with Crippen molar-refractivity contribution in [2.45, 2.75) is 33.7 Å². The van der Waals surface area contributed by atoms with Crippen LogP contribution in [0.1, 0.15) is 46.4 Å². The van der Waals surface area contributed by atoms with E-state index in [4.69, 9.17) is 4.74 Å². The van der Waals surface area contributed by atoms with Gasteiger partial charge >= 0.3 is 5.97 Å². The molecule has 2 rings (SSSR count). The monoisotopic (exact) mass is 305 g/mol. The van der Waals surface area contributed by atoms with Crippen LogP contribution in [0.2, 0.25) is 0 Å². The molecule has 21 heavy (non-hydrogen) atoms. The Bertz CT molecular complexity index is 701. The van der Waals surface area contributed by atoms with Crippen LogP contribution < -0.4 is 5.56 Å². The summed E-state index contributed by atoms with van der Waals surface area (Å²) in [4.78, 5) is 25.6. The molecule has 0 aliphatic heterocycles. The van der Waals surface area contributed by atoms with Gasteiger partial charge in [-0.3, -0.25) is 4.79 Å². The maximum atomic E-state index is 12.3. The molecule has 0 N–H and O–H groups in total. The molecule has 0 aliphatic rings. The third kappa shape index (κ3) is 2.93. The molecule has 0 aromatic carbocycles. The van der Waals surface area contributed by atoms with Crippen LogP contribution in [0, 0.1) is 13.8 Å². The van der Waals surface area contributed by atoms with Gasteiger partial charge < -0.3 is 9.30 Å². The summed E-state index contributed by atoms with van der Waals surface area (Å²) >= 11 is 1.60. The quantitative estimate of drug-likeness (QED) is 0.814. The van der Waals surface area contributed by atoms with Crippen molar-refractivity contribution in [1.29, 1.82) is 0 Å². The van der Waals surface area contributed by atoms with E-state index in [1.807, 2.05) is 24.4 Å². The fraction of sp³-hybridized carbons (Fsp3) is 0.375. The summed E-state index contributed by atoms with van der Waals surface area (Å²) in [6.45, 7) is 7.61. The standard InChI is InChI=1S/C16H19NO3S/c1-5-20-16(19)15-10(2)9-14(18)17(12(15)4)11(3)13-7-6-8-21-13/h6-9,11H,5H2,1-4H3. The molecular weight excluding hydrogens is 286 g/mol. The van der Waals surface area contributed by atoms with Gasteiger partial charge in [-0.1, -0.05) is 6.07 Å². The van der Waals surface area contributed by atoms with Gasteiger partial charge in [0, 0.05) is 16.6 Å². The smallest absolute Gasteiger partial charge is 0.340 e. The first-order valence-electron chi connectivity index (χ1n) is 6.90. The van der Waals surface area contributed by atoms with E-state index in [2.05, 4.69) is 0 Å². The molecule has 2 heterocycles. The average molecular weight is 305 g/mol. The Morgan fingerprint density at radius 3 is 2.71 bits per heavy atom. The third-order valence-electron chi connectivity index (χ3n) is 3.52. The zero-order valence-electron chi connectivity index (χ0n) is 12.7. The highest BCUT2D eigenvalue weighted by molar-refractivity contribution is 7.10. The van der Waals surface area contributed by atoms with Crippen LogP contribution >= 0.6 is 11.3 Å². The lowest BCUT2D eigenvalue weighted by atomic mass is 10.1. The topological polar surface area (TPSA) is 48.3 Å². The van der Waals surface area contributed by atoms with Gasteiger partial charge in [0.25, 0.3) is 5.56 Å². The zero-order valence-corrected chi connectivity index (χ0v) is 13.5. The number of carbonyl (C=O) groups is 1. The van der Waals surface area contributed by atoms with Crippen LogP contribution in [-0.4, -0.2) is 17.1 Å². The Labute approximate surface area is 128 Å². The molecule has 2 aromatic rings. The molecule has 0 radical (unpaired) electrons. The van der Waals surface area contributed by atoms with Gasteiger partial charge in [-0.15, -0.1) is 11.3 Å². The largest absolute Gasteiger partial charge is 0.462 e. The van der Waals surface area contributed by atoms with Crippen LogP contribution in [0.5, 0.6) is 0 Å². The van der Waals surface area contributed by atoms with Gasteiger partial charge in [0.1, 0.15) is 0 Å². The number of esters is 1. The van der Waals surface area contributed by atoms with E-state index in [-0.39, 0.29) is 17.6 Å². The van der Waals surface area contributed by atoms with Gasteiger partial charge in [0.15, 0.2) is 0 Å².